The highest BCUT2D eigenvalue weighted by atomic mass is 32.2. The molecule has 128 valence electrons. The number of carbonyl (C=O) groups is 1. The summed E-state index contributed by atoms with van der Waals surface area (Å²) in [6.45, 7) is 4.63. The van der Waals surface area contributed by atoms with Gasteiger partial charge in [-0.05, 0) is 53.1 Å². The number of aromatic nitrogens is 4. The van der Waals surface area contributed by atoms with Crippen molar-refractivity contribution in [3.8, 4) is 5.69 Å². The highest BCUT2D eigenvalue weighted by Crippen LogP contribution is 2.19. The number of benzene rings is 2. The molecule has 3 rings (SSSR count). The Balaban J connectivity index is 1.59. The molecule has 3 aromatic rings. The van der Waals surface area contributed by atoms with Crippen molar-refractivity contribution in [2.75, 3.05) is 5.75 Å². The standard InChI is InChI=1S/C18H19N5OS/c1-13-8-9-16(10-14(13)2)23-18(20-21-22-23)25-12-17(24)19-11-15-6-4-3-5-7-15/h3-10H,11-12H2,1-2H3,(H,19,24). The zero-order valence-electron chi connectivity index (χ0n) is 14.1. The Bertz CT molecular complexity index is 863. The van der Waals surface area contributed by atoms with Gasteiger partial charge in [-0.1, -0.05) is 48.2 Å². The molecule has 0 radical (unpaired) electrons. The van der Waals surface area contributed by atoms with Gasteiger partial charge in [-0.2, -0.15) is 4.68 Å². The third kappa shape index (κ3) is 4.45. The second-order valence-electron chi connectivity index (χ2n) is 5.69. The van der Waals surface area contributed by atoms with Gasteiger partial charge >= 0.3 is 0 Å². The van der Waals surface area contributed by atoms with Crippen molar-refractivity contribution < 1.29 is 4.79 Å². The van der Waals surface area contributed by atoms with Gasteiger partial charge in [0.15, 0.2) is 0 Å². The van der Waals surface area contributed by atoms with Crippen LogP contribution in [0.3, 0.4) is 0 Å². The molecule has 0 atom stereocenters. The zero-order chi connectivity index (χ0) is 17.6. The summed E-state index contributed by atoms with van der Waals surface area (Å²) in [7, 11) is 0. The third-order valence-corrected chi connectivity index (χ3v) is 4.76. The van der Waals surface area contributed by atoms with E-state index < -0.39 is 0 Å². The summed E-state index contributed by atoms with van der Waals surface area (Å²) in [6.07, 6.45) is 0. The molecule has 0 aliphatic rings. The van der Waals surface area contributed by atoms with Crippen LogP contribution < -0.4 is 5.32 Å². The van der Waals surface area contributed by atoms with Crippen LogP contribution in [-0.4, -0.2) is 31.9 Å². The summed E-state index contributed by atoms with van der Waals surface area (Å²) in [5, 5.41) is 15.3. The van der Waals surface area contributed by atoms with E-state index in [0.717, 1.165) is 11.3 Å². The molecule has 25 heavy (non-hydrogen) atoms. The van der Waals surface area contributed by atoms with Crippen LogP contribution in [0.1, 0.15) is 16.7 Å². The van der Waals surface area contributed by atoms with E-state index in [-0.39, 0.29) is 11.7 Å². The highest BCUT2D eigenvalue weighted by molar-refractivity contribution is 7.99. The summed E-state index contributed by atoms with van der Waals surface area (Å²) in [5.41, 5.74) is 4.34. The normalized spacial score (nSPS) is 10.6. The van der Waals surface area contributed by atoms with Crippen molar-refractivity contribution in [3.05, 3.63) is 65.2 Å². The first-order valence-corrected chi connectivity index (χ1v) is 8.91. The fourth-order valence-corrected chi connectivity index (χ4v) is 2.99. The van der Waals surface area contributed by atoms with Crippen LogP contribution in [0.25, 0.3) is 5.69 Å². The molecule has 1 heterocycles. The number of thioether (sulfide) groups is 1. The number of amides is 1. The van der Waals surface area contributed by atoms with E-state index in [4.69, 9.17) is 0 Å². The second-order valence-corrected chi connectivity index (χ2v) is 6.64. The molecule has 6 nitrogen and oxygen atoms in total. The topological polar surface area (TPSA) is 72.7 Å². The van der Waals surface area contributed by atoms with Crippen molar-refractivity contribution in [2.24, 2.45) is 0 Å². The van der Waals surface area contributed by atoms with Crippen molar-refractivity contribution in [1.29, 1.82) is 0 Å². The number of nitrogens with zero attached hydrogens (tertiary/aromatic N) is 4. The van der Waals surface area contributed by atoms with Gasteiger partial charge in [0.2, 0.25) is 11.1 Å². The molecule has 2 aromatic carbocycles. The molecule has 0 saturated carbocycles. The van der Waals surface area contributed by atoms with E-state index in [9.17, 15) is 4.79 Å². The lowest BCUT2D eigenvalue weighted by molar-refractivity contribution is -0.118. The van der Waals surface area contributed by atoms with Crippen LogP contribution in [-0.2, 0) is 11.3 Å². The van der Waals surface area contributed by atoms with Crippen LogP contribution in [0.4, 0.5) is 0 Å². The number of hydrogen-bond acceptors (Lipinski definition) is 5. The predicted molar refractivity (Wildman–Crippen MR) is 97.6 cm³/mol. The maximum atomic E-state index is 12.0. The van der Waals surface area contributed by atoms with Crippen molar-refractivity contribution >= 4 is 17.7 Å². The molecule has 0 spiro atoms. The molecule has 7 heteroatoms. The van der Waals surface area contributed by atoms with Crippen molar-refractivity contribution in [3.63, 3.8) is 0 Å². The number of rotatable bonds is 6. The molecule has 0 fully saturated rings. The first-order chi connectivity index (χ1) is 12.1. The summed E-state index contributed by atoms with van der Waals surface area (Å²) in [4.78, 5) is 12.0. The van der Waals surface area contributed by atoms with Gasteiger partial charge < -0.3 is 5.32 Å². The Hall–Kier alpha value is -2.67. The molecule has 1 amide bonds. The molecule has 0 aliphatic heterocycles. The number of tetrazole rings is 1. The minimum Gasteiger partial charge on any atom is -0.351 e. The fraction of sp³-hybridized carbons (Fsp3) is 0.222. The van der Waals surface area contributed by atoms with E-state index in [1.807, 2.05) is 55.5 Å². The lowest BCUT2D eigenvalue weighted by Crippen LogP contribution is -2.24. The van der Waals surface area contributed by atoms with E-state index >= 15 is 0 Å². The zero-order valence-corrected chi connectivity index (χ0v) is 15.0. The monoisotopic (exact) mass is 353 g/mol. The largest absolute Gasteiger partial charge is 0.351 e. The van der Waals surface area contributed by atoms with Crippen LogP contribution in [0, 0.1) is 13.8 Å². The van der Waals surface area contributed by atoms with Gasteiger partial charge in [0.25, 0.3) is 0 Å². The van der Waals surface area contributed by atoms with Gasteiger partial charge in [0.1, 0.15) is 0 Å². The number of carbonyl (C=O) groups excluding carboxylic acids is 1. The van der Waals surface area contributed by atoms with Crippen molar-refractivity contribution in [1.82, 2.24) is 25.5 Å². The first-order valence-electron chi connectivity index (χ1n) is 7.93. The summed E-state index contributed by atoms with van der Waals surface area (Å²) in [6, 6.07) is 15.9. The maximum Gasteiger partial charge on any atom is 0.230 e. The molecular weight excluding hydrogens is 334 g/mol. The minimum absolute atomic E-state index is 0.0523. The summed E-state index contributed by atoms with van der Waals surface area (Å²) < 4.78 is 1.65. The SMILES string of the molecule is Cc1ccc(-n2nnnc2SCC(=O)NCc2ccccc2)cc1C. The Morgan fingerprint density at radius 1 is 1.12 bits per heavy atom. The van der Waals surface area contributed by atoms with Crippen LogP contribution >= 0.6 is 11.8 Å². The molecule has 1 N–H and O–H groups in total. The summed E-state index contributed by atoms with van der Waals surface area (Å²) >= 11 is 1.32. The first kappa shape index (κ1) is 17.2. The quantitative estimate of drug-likeness (QED) is 0.690. The van der Waals surface area contributed by atoms with Gasteiger partial charge in [-0.15, -0.1) is 5.10 Å². The van der Waals surface area contributed by atoms with Gasteiger partial charge in [0, 0.05) is 6.54 Å². The fourth-order valence-electron chi connectivity index (χ4n) is 2.27. The number of hydrogen-bond donors (Lipinski definition) is 1. The summed E-state index contributed by atoms with van der Waals surface area (Å²) in [5.74, 6) is 0.210. The third-order valence-electron chi connectivity index (χ3n) is 3.84. The second kappa shape index (κ2) is 7.94. The maximum absolute atomic E-state index is 12.0. The van der Waals surface area contributed by atoms with Gasteiger partial charge in [0.05, 0.1) is 11.4 Å². The molecule has 0 saturated heterocycles. The van der Waals surface area contributed by atoms with E-state index in [0.29, 0.717) is 11.7 Å². The Kier molecular flexibility index (Phi) is 5.45. The Labute approximate surface area is 150 Å². The number of aryl methyl sites for hydroxylation is 2. The Morgan fingerprint density at radius 3 is 2.68 bits per heavy atom. The van der Waals surface area contributed by atoms with Gasteiger partial charge in [-0.25, -0.2) is 0 Å². The van der Waals surface area contributed by atoms with Crippen LogP contribution in [0.2, 0.25) is 0 Å². The number of nitrogens with one attached hydrogen (secondary N) is 1. The molecule has 0 aliphatic carbocycles. The molecule has 1 aromatic heterocycles. The smallest absolute Gasteiger partial charge is 0.230 e. The molecular formula is C18H19N5OS. The van der Waals surface area contributed by atoms with Crippen molar-refractivity contribution in [2.45, 2.75) is 25.5 Å². The van der Waals surface area contributed by atoms with Crippen LogP contribution in [0.5, 0.6) is 0 Å². The highest BCUT2D eigenvalue weighted by Gasteiger charge is 2.12. The Morgan fingerprint density at radius 2 is 1.92 bits per heavy atom. The van der Waals surface area contributed by atoms with E-state index in [1.54, 1.807) is 4.68 Å². The lowest BCUT2D eigenvalue weighted by Gasteiger charge is -2.07. The van der Waals surface area contributed by atoms with E-state index in [2.05, 4.69) is 27.8 Å². The van der Waals surface area contributed by atoms with Gasteiger partial charge in [-0.3, -0.25) is 4.79 Å². The van der Waals surface area contributed by atoms with Crippen LogP contribution in [0.15, 0.2) is 53.7 Å². The molecule has 0 bridgehead atoms. The lowest BCUT2D eigenvalue weighted by atomic mass is 10.1. The average Bonchev–Trinajstić information content (AvgIpc) is 3.10. The predicted octanol–water partition coefficient (Wildman–Crippen LogP) is 2.69. The average molecular weight is 353 g/mol. The van der Waals surface area contributed by atoms with E-state index in [1.165, 1.54) is 22.9 Å². The molecule has 0 unspecified atom stereocenters. The minimum atomic E-state index is -0.0523.